The normalized spacial score (nSPS) is 15.4. The smallest absolute Gasteiger partial charge is 0.301 e. The molecule has 0 aliphatic carbocycles. The largest absolute Gasteiger partial charge is 0.417 e. The van der Waals surface area contributed by atoms with E-state index in [0.717, 1.165) is 17.9 Å². The van der Waals surface area contributed by atoms with Crippen LogP contribution in [0.5, 0.6) is 0 Å². The second-order valence-corrected chi connectivity index (χ2v) is 4.62. The van der Waals surface area contributed by atoms with E-state index in [9.17, 15) is 18.0 Å². The summed E-state index contributed by atoms with van der Waals surface area (Å²) >= 11 is 1.32. The first-order chi connectivity index (χ1) is 8.48. The minimum atomic E-state index is -4.54. The Balaban J connectivity index is 2.24. The first-order valence-electron chi connectivity index (χ1n) is 5.13. The quantitative estimate of drug-likeness (QED) is 0.855. The fourth-order valence-electron chi connectivity index (χ4n) is 1.50. The highest BCUT2D eigenvalue weighted by Crippen LogP contribution is 2.31. The molecule has 1 aliphatic heterocycles. The predicted molar refractivity (Wildman–Crippen MR) is 63.7 cm³/mol. The number of nitrogens with zero attached hydrogens (tertiary/aromatic N) is 1. The molecule has 1 aromatic rings. The molecule has 2 rings (SSSR count). The maximum atomic E-state index is 12.7. The van der Waals surface area contributed by atoms with Crippen LogP contribution in [0.2, 0.25) is 0 Å². The van der Waals surface area contributed by atoms with Gasteiger partial charge in [0.2, 0.25) is 0 Å². The summed E-state index contributed by atoms with van der Waals surface area (Å²) in [6.07, 6.45) is -4.54. The zero-order valence-corrected chi connectivity index (χ0v) is 9.94. The molecule has 1 N–H and O–H groups in total. The van der Waals surface area contributed by atoms with Crippen LogP contribution in [-0.4, -0.2) is 23.4 Å². The van der Waals surface area contributed by atoms with E-state index >= 15 is 0 Å². The standard InChI is InChI=1S/C11H9F3N2OS/c12-11(13,14)8-4-2-1-3-7(8)9(17)16-10-15-5-6-18-10/h1-4H,5-6H2,(H,15,16,17). The molecule has 1 aliphatic rings. The second kappa shape index (κ2) is 5.01. The minimum Gasteiger partial charge on any atom is -0.301 e. The molecule has 7 heteroatoms. The van der Waals surface area contributed by atoms with Gasteiger partial charge < -0.3 is 5.32 Å². The third-order valence-electron chi connectivity index (χ3n) is 2.28. The van der Waals surface area contributed by atoms with Gasteiger partial charge in [0, 0.05) is 5.75 Å². The summed E-state index contributed by atoms with van der Waals surface area (Å²) in [6.45, 7) is 0.571. The Bertz CT molecular complexity index is 499. The molecule has 0 saturated carbocycles. The van der Waals surface area contributed by atoms with Crippen LogP contribution < -0.4 is 5.32 Å². The average molecular weight is 274 g/mol. The maximum absolute atomic E-state index is 12.7. The van der Waals surface area contributed by atoms with Gasteiger partial charge >= 0.3 is 6.18 Å². The lowest BCUT2D eigenvalue weighted by Gasteiger charge is -2.12. The monoisotopic (exact) mass is 274 g/mol. The van der Waals surface area contributed by atoms with E-state index in [4.69, 9.17) is 0 Å². The first kappa shape index (κ1) is 12.9. The number of amides is 1. The molecular weight excluding hydrogens is 265 g/mol. The number of alkyl halides is 3. The van der Waals surface area contributed by atoms with E-state index in [2.05, 4.69) is 10.3 Å². The number of carbonyl (C=O) groups is 1. The highest BCUT2D eigenvalue weighted by atomic mass is 32.2. The van der Waals surface area contributed by atoms with Crippen molar-refractivity contribution in [2.24, 2.45) is 4.99 Å². The summed E-state index contributed by atoms with van der Waals surface area (Å²) in [5.74, 6) is -0.0487. The van der Waals surface area contributed by atoms with E-state index < -0.39 is 17.6 Å². The highest BCUT2D eigenvalue weighted by molar-refractivity contribution is 8.14. The predicted octanol–water partition coefficient (Wildman–Crippen LogP) is 2.54. The van der Waals surface area contributed by atoms with Gasteiger partial charge in [-0.2, -0.15) is 13.2 Å². The van der Waals surface area contributed by atoms with Gasteiger partial charge in [0.1, 0.15) is 0 Å². The van der Waals surface area contributed by atoms with Crippen LogP contribution in [-0.2, 0) is 6.18 Å². The number of amidine groups is 1. The topological polar surface area (TPSA) is 41.5 Å². The number of hydrogen-bond donors (Lipinski definition) is 1. The Kier molecular flexibility index (Phi) is 3.60. The third kappa shape index (κ3) is 2.84. The van der Waals surface area contributed by atoms with Gasteiger partial charge in [-0.15, -0.1) is 0 Å². The minimum absolute atomic E-state index is 0.372. The molecule has 1 aromatic carbocycles. The number of aliphatic imine (C=N–C) groups is 1. The van der Waals surface area contributed by atoms with Gasteiger partial charge in [-0.05, 0) is 12.1 Å². The van der Waals surface area contributed by atoms with Gasteiger partial charge in [0.25, 0.3) is 5.91 Å². The molecule has 3 nitrogen and oxygen atoms in total. The van der Waals surface area contributed by atoms with Crippen molar-refractivity contribution < 1.29 is 18.0 Å². The van der Waals surface area contributed by atoms with Crippen molar-refractivity contribution in [3.63, 3.8) is 0 Å². The van der Waals surface area contributed by atoms with Crippen LogP contribution in [0.15, 0.2) is 29.3 Å². The number of rotatable bonds is 1. The van der Waals surface area contributed by atoms with Crippen molar-refractivity contribution in [2.75, 3.05) is 12.3 Å². The number of carbonyl (C=O) groups excluding carboxylic acids is 1. The molecule has 0 radical (unpaired) electrons. The summed E-state index contributed by atoms with van der Waals surface area (Å²) in [7, 11) is 0. The van der Waals surface area contributed by atoms with Gasteiger partial charge in [-0.25, -0.2) is 0 Å². The van der Waals surface area contributed by atoms with Crippen molar-refractivity contribution in [1.29, 1.82) is 0 Å². The Morgan fingerprint density at radius 2 is 2.06 bits per heavy atom. The van der Waals surface area contributed by atoms with E-state index in [0.29, 0.717) is 11.7 Å². The fraction of sp³-hybridized carbons (Fsp3) is 0.273. The van der Waals surface area contributed by atoms with Crippen LogP contribution in [0, 0.1) is 0 Å². The lowest BCUT2D eigenvalue weighted by atomic mass is 10.1. The Morgan fingerprint density at radius 3 is 2.67 bits per heavy atom. The molecule has 1 heterocycles. The Morgan fingerprint density at radius 1 is 1.33 bits per heavy atom. The molecule has 18 heavy (non-hydrogen) atoms. The summed E-state index contributed by atoms with van der Waals surface area (Å²) in [4.78, 5) is 15.7. The van der Waals surface area contributed by atoms with Crippen molar-refractivity contribution in [1.82, 2.24) is 5.32 Å². The summed E-state index contributed by atoms with van der Waals surface area (Å²) in [6, 6.07) is 4.69. The van der Waals surface area contributed by atoms with Gasteiger partial charge in [-0.3, -0.25) is 9.79 Å². The molecule has 0 fully saturated rings. The van der Waals surface area contributed by atoms with Gasteiger partial charge in [-0.1, -0.05) is 23.9 Å². The number of nitrogens with one attached hydrogen (secondary N) is 1. The molecule has 0 atom stereocenters. The van der Waals surface area contributed by atoms with Gasteiger partial charge in [0.15, 0.2) is 5.17 Å². The van der Waals surface area contributed by atoms with Crippen molar-refractivity contribution in [2.45, 2.75) is 6.18 Å². The van der Waals surface area contributed by atoms with Crippen molar-refractivity contribution in [3.05, 3.63) is 35.4 Å². The highest BCUT2D eigenvalue weighted by Gasteiger charge is 2.35. The number of benzene rings is 1. The average Bonchev–Trinajstić information content (AvgIpc) is 2.80. The van der Waals surface area contributed by atoms with Crippen molar-refractivity contribution in [3.8, 4) is 0 Å². The lowest BCUT2D eigenvalue weighted by Crippen LogP contribution is -2.29. The Labute approximate surface area is 105 Å². The van der Waals surface area contributed by atoms with Gasteiger partial charge in [0.05, 0.1) is 17.7 Å². The molecule has 0 aromatic heterocycles. The number of hydrogen-bond acceptors (Lipinski definition) is 3. The van der Waals surface area contributed by atoms with Crippen LogP contribution in [0.25, 0.3) is 0 Å². The first-order valence-corrected chi connectivity index (χ1v) is 6.12. The molecule has 0 unspecified atom stereocenters. The SMILES string of the molecule is O=C(NC1=NCCS1)c1ccccc1C(F)(F)F. The molecule has 1 amide bonds. The van der Waals surface area contributed by atoms with Crippen LogP contribution >= 0.6 is 11.8 Å². The van der Waals surface area contributed by atoms with E-state index in [1.807, 2.05) is 0 Å². The maximum Gasteiger partial charge on any atom is 0.417 e. The molecular formula is C11H9F3N2OS. The zero-order valence-electron chi connectivity index (χ0n) is 9.12. The molecule has 96 valence electrons. The lowest BCUT2D eigenvalue weighted by molar-refractivity contribution is -0.137. The van der Waals surface area contributed by atoms with E-state index in [-0.39, 0.29) is 5.56 Å². The van der Waals surface area contributed by atoms with E-state index in [1.165, 1.54) is 23.9 Å². The summed E-state index contributed by atoms with van der Waals surface area (Å²) in [5, 5.41) is 2.75. The Hall–Kier alpha value is -1.50. The molecule has 0 bridgehead atoms. The van der Waals surface area contributed by atoms with Crippen LogP contribution in [0.4, 0.5) is 13.2 Å². The zero-order chi connectivity index (χ0) is 13.2. The summed E-state index contributed by atoms with van der Waals surface area (Å²) in [5.41, 5.74) is -1.33. The third-order valence-corrected chi connectivity index (χ3v) is 3.17. The fourth-order valence-corrected chi connectivity index (χ4v) is 2.23. The van der Waals surface area contributed by atoms with Crippen LogP contribution in [0.3, 0.4) is 0 Å². The van der Waals surface area contributed by atoms with E-state index in [1.54, 1.807) is 0 Å². The molecule has 0 spiro atoms. The van der Waals surface area contributed by atoms with Crippen LogP contribution in [0.1, 0.15) is 15.9 Å². The molecule has 0 saturated heterocycles. The second-order valence-electron chi connectivity index (χ2n) is 3.53. The summed E-state index contributed by atoms with van der Waals surface area (Å²) < 4.78 is 38.1. The number of halogens is 3. The number of thioether (sulfide) groups is 1. The van der Waals surface area contributed by atoms with Crippen molar-refractivity contribution >= 4 is 22.8 Å².